The van der Waals surface area contributed by atoms with E-state index in [1.54, 1.807) is 4.68 Å². The molecule has 5 aliphatic carbocycles. The van der Waals surface area contributed by atoms with E-state index in [1.807, 2.05) is 32.5 Å². The van der Waals surface area contributed by atoms with Gasteiger partial charge in [-0.1, -0.05) is 92.8 Å². The van der Waals surface area contributed by atoms with Crippen molar-refractivity contribution in [2.75, 3.05) is 0 Å². The highest BCUT2D eigenvalue weighted by Gasteiger charge is 2.50. The number of carboxylic acids is 2. The number of hydrogen-bond acceptors (Lipinski definition) is 18. The molecule has 0 radical (unpaired) electrons. The molecule has 0 bridgehead atoms. The monoisotopic (exact) mass is 1140 g/mol. The van der Waals surface area contributed by atoms with Crippen molar-refractivity contribution >= 4 is 67.6 Å². The van der Waals surface area contributed by atoms with Crippen LogP contribution in [0, 0.1) is 70.5 Å². The minimum Gasteiger partial charge on any atom is -0.481 e. The fraction of sp³-hybridized carbons (Fsp3) is 0.836. The van der Waals surface area contributed by atoms with E-state index in [0.29, 0.717) is 77.6 Å². The topological polar surface area (TPSA) is 291 Å². The Bertz CT molecular complexity index is 2610. The molecule has 0 aromatic carbocycles. The van der Waals surface area contributed by atoms with E-state index >= 15 is 0 Å². The number of hydrogen-bond donors (Lipinski definition) is 6. The predicted octanol–water partition coefficient (Wildman–Crippen LogP) is 7.99. The van der Waals surface area contributed by atoms with Crippen LogP contribution in [0.1, 0.15) is 170 Å². The predicted molar refractivity (Wildman–Crippen MR) is 302 cm³/mol. The third-order valence-corrected chi connectivity index (χ3v) is 23.5. The van der Waals surface area contributed by atoms with Gasteiger partial charge in [-0.3, -0.25) is 35.0 Å². The van der Waals surface area contributed by atoms with Gasteiger partial charge in [-0.05, 0) is 131 Å². The molecule has 1 aromatic rings. The number of nitriles is 1. The molecule has 0 spiro atoms. The molecule has 432 valence electrons. The van der Waals surface area contributed by atoms with Gasteiger partial charge in [-0.15, -0.1) is 5.11 Å². The van der Waals surface area contributed by atoms with Gasteiger partial charge in [0.25, 0.3) is 0 Å². The van der Waals surface area contributed by atoms with Gasteiger partial charge in [-0.2, -0.15) is 26.1 Å². The molecule has 3 aliphatic heterocycles. The van der Waals surface area contributed by atoms with Crippen LogP contribution in [0.4, 0.5) is 5.82 Å². The number of aliphatic carboxylic acids is 2. The molecule has 5 saturated carbocycles. The number of sulfonamides is 1. The van der Waals surface area contributed by atoms with E-state index in [1.165, 1.54) is 11.8 Å². The van der Waals surface area contributed by atoms with E-state index in [9.17, 15) is 38.3 Å². The number of aliphatic imine (C=N–C) groups is 2. The number of nitrogens with two attached hydrogens (primary N) is 1. The maximum Gasteiger partial charge on any atom is 0.327 e. The minimum absolute atomic E-state index is 0.00965. The van der Waals surface area contributed by atoms with Crippen LogP contribution < -0.4 is 21.3 Å². The van der Waals surface area contributed by atoms with Crippen LogP contribution in [0.2, 0.25) is 0 Å². The number of rotatable bonds is 12. The van der Waals surface area contributed by atoms with Gasteiger partial charge in [0.2, 0.25) is 10.0 Å². The number of carbonyl (C=O) groups is 3. The number of nitrogens with one attached hydrogen (secondary N) is 3. The highest BCUT2D eigenvalue weighted by Crippen LogP contribution is 2.47. The highest BCUT2D eigenvalue weighted by atomic mass is 32.2. The van der Waals surface area contributed by atoms with E-state index in [2.05, 4.69) is 74.8 Å². The van der Waals surface area contributed by atoms with E-state index < -0.39 is 50.5 Å². The van der Waals surface area contributed by atoms with Crippen LogP contribution in [-0.2, 0) is 34.7 Å². The summed E-state index contributed by atoms with van der Waals surface area (Å²) >= 11 is 3.24. The van der Waals surface area contributed by atoms with Gasteiger partial charge in [0.15, 0.2) is 16.2 Å². The summed E-state index contributed by atoms with van der Waals surface area (Å²) < 4.78 is 32.4. The normalized spacial score (nSPS) is 40.3. The first-order valence-corrected chi connectivity index (χ1v) is 32.3. The average Bonchev–Trinajstić information content (AvgIpc) is 4.24. The summed E-state index contributed by atoms with van der Waals surface area (Å²) in [5.74, 6) is 3.81. The van der Waals surface area contributed by atoms with Crippen molar-refractivity contribution in [3.63, 3.8) is 0 Å². The molecule has 0 amide bonds. The fourth-order valence-electron chi connectivity index (χ4n) is 15.4. The van der Waals surface area contributed by atoms with Crippen molar-refractivity contribution in [3.8, 4) is 6.07 Å². The SMILES string of the molecule is CC1CC(C)C(NC2NC(N(C3=NC4CCC(C(=O)ON)CC4S3)C3C(C)CC(C)CC3C)CC(C)C2N=Nc2c(C#N)c(C(C)(C)C)nn2C2=NC3CCC(S(=O)(=O)NC4CC(C(=O)O)CC(C(=O)O)C4)CC3S2)C(C)C1. The number of nitrogens with zero attached hydrogens (tertiary/aromatic N) is 8. The lowest BCUT2D eigenvalue weighted by atomic mass is 9.72. The zero-order chi connectivity index (χ0) is 56.3. The van der Waals surface area contributed by atoms with Crippen LogP contribution in [0.3, 0.4) is 0 Å². The molecule has 16 atom stereocenters. The number of thioether (sulfide) groups is 2. The summed E-state index contributed by atoms with van der Waals surface area (Å²) in [5, 5.41) is 55.0. The smallest absolute Gasteiger partial charge is 0.327 e. The van der Waals surface area contributed by atoms with Crippen molar-refractivity contribution in [2.24, 2.45) is 85.3 Å². The summed E-state index contributed by atoms with van der Waals surface area (Å²) in [6.07, 6.45) is 8.10. The Labute approximate surface area is 469 Å². The highest BCUT2D eigenvalue weighted by molar-refractivity contribution is 8.15. The molecule has 23 heteroatoms. The van der Waals surface area contributed by atoms with Crippen molar-refractivity contribution < 1.29 is 37.9 Å². The van der Waals surface area contributed by atoms with Crippen LogP contribution in [0.25, 0.3) is 0 Å². The molecule has 16 unspecified atom stereocenters. The van der Waals surface area contributed by atoms with Crippen molar-refractivity contribution in [1.29, 1.82) is 5.26 Å². The van der Waals surface area contributed by atoms with Crippen molar-refractivity contribution in [2.45, 2.75) is 229 Å². The zero-order valence-corrected chi connectivity index (χ0v) is 49.7. The van der Waals surface area contributed by atoms with Crippen molar-refractivity contribution in [1.82, 2.24) is 30.0 Å². The summed E-state index contributed by atoms with van der Waals surface area (Å²) in [5.41, 5.74) is 0.312. The number of aromatic nitrogens is 2. The number of amidine groups is 1. The van der Waals surface area contributed by atoms with E-state index in [-0.39, 0.29) is 102 Å². The molecule has 20 nitrogen and oxygen atoms in total. The van der Waals surface area contributed by atoms with Crippen LogP contribution in [-0.4, -0.2) is 126 Å². The number of carbonyl (C=O) groups excluding carboxylic acids is 1. The number of azo groups is 1. The van der Waals surface area contributed by atoms with E-state index in [4.69, 9.17) is 36.0 Å². The summed E-state index contributed by atoms with van der Waals surface area (Å²) in [7, 11) is -3.97. The Morgan fingerprint density at radius 2 is 1.40 bits per heavy atom. The first-order chi connectivity index (χ1) is 36.8. The molecular formula is C55H86N12O8S3. The molecule has 6 fully saturated rings. The van der Waals surface area contributed by atoms with Gasteiger partial charge in [0.05, 0.1) is 53.1 Å². The second-order valence-corrected chi connectivity index (χ2v) is 30.7. The lowest BCUT2D eigenvalue weighted by Gasteiger charge is -2.53. The second kappa shape index (κ2) is 23.7. The molecule has 1 aromatic heterocycles. The molecule has 8 aliphatic rings. The summed E-state index contributed by atoms with van der Waals surface area (Å²) in [6.45, 7) is 22.5. The molecule has 4 heterocycles. The molecule has 1 saturated heterocycles. The fourth-order valence-corrected chi connectivity index (χ4v) is 20.2. The van der Waals surface area contributed by atoms with Crippen molar-refractivity contribution in [3.05, 3.63) is 11.3 Å². The maximum atomic E-state index is 14.0. The van der Waals surface area contributed by atoms with Gasteiger partial charge in [0, 0.05) is 34.0 Å². The first-order valence-electron chi connectivity index (χ1n) is 28.9. The lowest BCUT2D eigenvalue weighted by Crippen LogP contribution is -2.69. The third kappa shape index (κ3) is 12.4. The van der Waals surface area contributed by atoms with Crippen LogP contribution in [0.15, 0.2) is 20.2 Å². The molecule has 9 rings (SSSR count). The zero-order valence-electron chi connectivity index (χ0n) is 47.2. The first kappa shape index (κ1) is 59.0. The van der Waals surface area contributed by atoms with Gasteiger partial charge in [0.1, 0.15) is 17.7 Å². The molecular weight excluding hydrogens is 1050 g/mol. The third-order valence-electron chi connectivity index (χ3n) is 18.9. The quantitative estimate of drug-likeness (QED) is 0.0854. The number of piperidine rings is 1. The summed E-state index contributed by atoms with van der Waals surface area (Å²) in [6, 6.07) is 1.60. The second-order valence-electron chi connectivity index (χ2n) is 26.3. The Morgan fingerprint density at radius 3 is 2.00 bits per heavy atom. The van der Waals surface area contributed by atoms with Gasteiger partial charge >= 0.3 is 17.9 Å². The standard InChI is InChI=1S/C55H86N12O8S3/c1-26-15-28(3)44(29(4)16-26)61-48-45(30(5)19-43(60-48)66(46-31(6)17-27(2)18-32(46)7)53-58-39-13-11-33(52(72)75-57)23-41(39)76-53)62-63-49-38(25-56)47(55(8,9)10)64-67(49)54-59-40-14-12-37(24-42(40)77-54)78(73,74)65-36-21-34(50(68)69)20-35(22-36)51(70)71/h26-37,39-46,48,60-61,65H,11-24,57H2,1-10H3,(H,68,69)(H,70,71). The van der Waals surface area contributed by atoms with Crippen LogP contribution in [0.5, 0.6) is 0 Å². The molecule has 78 heavy (non-hydrogen) atoms. The summed E-state index contributed by atoms with van der Waals surface area (Å²) in [4.78, 5) is 54.6. The minimum atomic E-state index is -3.97. The number of carboxylic acid groups (broad SMARTS) is 2. The average molecular weight is 1140 g/mol. The van der Waals surface area contributed by atoms with Gasteiger partial charge in [-0.25, -0.2) is 13.1 Å². The Morgan fingerprint density at radius 1 is 0.795 bits per heavy atom. The molecule has 7 N–H and O–H groups in total. The largest absolute Gasteiger partial charge is 0.481 e. The van der Waals surface area contributed by atoms with E-state index in [0.717, 1.165) is 43.7 Å². The maximum absolute atomic E-state index is 14.0. The Hall–Kier alpha value is -3.66. The lowest BCUT2D eigenvalue weighted by molar-refractivity contribution is -0.150. The van der Waals surface area contributed by atoms with Gasteiger partial charge < -0.3 is 20.0 Å². The Kier molecular flexibility index (Phi) is 17.9. The van der Waals surface area contributed by atoms with Crippen LogP contribution >= 0.6 is 23.5 Å². The number of fused-ring (bicyclic) bond motifs is 2. The Balaban J connectivity index is 1.01.